The number of quaternary nitrogens is 1. The van der Waals surface area contributed by atoms with Crippen LogP contribution >= 0.6 is 0 Å². The standard InChI is InChI=1S/C20H22F3N3O/c1-4-26(5-2)20(27)10-6-11-15(25(3)9-10)7-12-16-14(24-19(12)23)8-13(21)18(22)17(11)16/h6,8,10,15,24H,4-5,7,9H2,1-3H3/p+1/t10-,15+/m1/s1. The molecule has 2 N–H and O–H groups in total. The van der Waals surface area contributed by atoms with Gasteiger partial charge in [0.2, 0.25) is 5.91 Å². The molecule has 0 saturated heterocycles. The highest BCUT2D eigenvalue weighted by Crippen LogP contribution is 2.40. The van der Waals surface area contributed by atoms with E-state index in [1.54, 1.807) is 11.0 Å². The molecule has 1 aliphatic heterocycles. The number of amides is 1. The van der Waals surface area contributed by atoms with Crippen molar-refractivity contribution in [1.82, 2.24) is 9.88 Å². The zero-order valence-corrected chi connectivity index (χ0v) is 15.6. The number of carbonyl (C=O) groups is 1. The van der Waals surface area contributed by atoms with E-state index >= 15 is 0 Å². The van der Waals surface area contributed by atoms with Crippen LogP contribution in [0.4, 0.5) is 13.2 Å². The Balaban J connectivity index is 1.91. The van der Waals surface area contributed by atoms with Gasteiger partial charge in [0.1, 0.15) is 12.0 Å². The molecule has 4 rings (SSSR count). The number of halogens is 3. The van der Waals surface area contributed by atoms with Gasteiger partial charge in [0.15, 0.2) is 17.6 Å². The maximum atomic E-state index is 14.8. The molecule has 1 aromatic heterocycles. The highest BCUT2D eigenvalue weighted by Gasteiger charge is 2.42. The molecule has 1 unspecified atom stereocenters. The van der Waals surface area contributed by atoms with E-state index in [0.717, 1.165) is 11.0 Å². The average Bonchev–Trinajstić information content (AvgIpc) is 2.95. The lowest BCUT2D eigenvalue weighted by atomic mass is 9.79. The van der Waals surface area contributed by atoms with Gasteiger partial charge in [-0.05, 0) is 13.8 Å². The third kappa shape index (κ3) is 2.59. The number of nitrogens with zero attached hydrogens (tertiary/aromatic N) is 1. The molecule has 3 atom stereocenters. The summed E-state index contributed by atoms with van der Waals surface area (Å²) in [6.45, 7) is 5.58. The van der Waals surface area contributed by atoms with E-state index in [0.29, 0.717) is 42.6 Å². The number of H-pyrrole nitrogens is 1. The molecular formula is C20H23F3N3O+. The number of aromatic nitrogens is 1. The maximum absolute atomic E-state index is 14.8. The number of likely N-dealkylation sites (N-methyl/N-ethyl adjacent to an activating group) is 1. The van der Waals surface area contributed by atoms with Crippen molar-refractivity contribution in [2.24, 2.45) is 5.92 Å². The predicted molar refractivity (Wildman–Crippen MR) is 96.8 cm³/mol. The summed E-state index contributed by atoms with van der Waals surface area (Å²) in [6, 6.07) is 0.794. The van der Waals surface area contributed by atoms with E-state index in [-0.39, 0.29) is 23.0 Å². The van der Waals surface area contributed by atoms with Gasteiger partial charge in [-0.15, -0.1) is 0 Å². The van der Waals surface area contributed by atoms with Crippen molar-refractivity contribution >= 4 is 22.4 Å². The van der Waals surface area contributed by atoms with Gasteiger partial charge in [0, 0.05) is 47.7 Å². The second-order valence-corrected chi connectivity index (χ2v) is 7.43. The van der Waals surface area contributed by atoms with Crippen LogP contribution in [-0.2, 0) is 11.2 Å². The van der Waals surface area contributed by atoms with Crippen LogP contribution < -0.4 is 4.90 Å². The SMILES string of the molecule is CCN(CC)C(=O)[C@@H]1C=C2c3c(F)c(F)cc4[nH]c(F)c(c34)C[C@@H]2[NH+](C)C1. The van der Waals surface area contributed by atoms with Crippen molar-refractivity contribution in [1.29, 1.82) is 0 Å². The monoisotopic (exact) mass is 378 g/mol. The normalized spacial score (nSPS) is 23.9. The van der Waals surface area contributed by atoms with Gasteiger partial charge in [-0.2, -0.15) is 4.39 Å². The number of benzene rings is 1. The van der Waals surface area contributed by atoms with Crippen LogP contribution in [0.1, 0.15) is 25.0 Å². The number of hydrogen-bond donors (Lipinski definition) is 2. The van der Waals surface area contributed by atoms with Crippen molar-refractivity contribution in [2.75, 3.05) is 26.7 Å². The largest absolute Gasteiger partial charge is 0.343 e. The van der Waals surface area contributed by atoms with Gasteiger partial charge < -0.3 is 14.8 Å². The Hall–Kier alpha value is -2.28. The molecule has 0 fully saturated rings. The Kier molecular flexibility index (Phi) is 4.29. The Morgan fingerprint density at radius 1 is 1.30 bits per heavy atom. The molecule has 1 aliphatic carbocycles. The van der Waals surface area contributed by atoms with Crippen molar-refractivity contribution in [3.8, 4) is 0 Å². The van der Waals surface area contributed by atoms with Gasteiger partial charge in [0.25, 0.3) is 0 Å². The summed E-state index contributed by atoms with van der Waals surface area (Å²) in [4.78, 5) is 18.1. The second kappa shape index (κ2) is 6.41. The molecule has 2 heterocycles. The molecule has 7 heteroatoms. The number of hydrogen-bond acceptors (Lipinski definition) is 1. The van der Waals surface area contributed by atoms with Crippen LogP contribution in [0.2, 0.25) is 0 Å². The number of carbonyl (C=O) groups excluding carboxylic acids is 1. The topological polar surface area (TPSA) is 40.5 Å². The second-order valence-electron chi connectivity index (χ2n) is 7.43. The number of rotatable bonds is 3. The lowest BCUT2D eigenvalue weighted by Gasteiger charge is -2.37. The quantitative estimate of drug-likeness (QED) is 0.842. The molecule has 1 amide bonds. The van der Waals surface area contributed by atoms with E-state index < -0.39 is 23.5 Å². The molecule has 0 spiro atoms. The molecule has 1 aromatic carbocycles. The van der Waals surface area contributed by atoms with Gasteiger partial charge in [0.05, 0.1) is 19.1 Å². The smallest absolute Gasteiger partial charge is 0.235 e. The fraction of sp³-hybridized carbons (Fsp3) is 0.450. The molecule has 0 bridgehead atoms. The van der Waals surface area contributed by atoms with Crippen LogP contribution in [0, 0.1) is 23.5 Å². The summed E-state index contributed by atoms with van der Waals surface area (Å²) < 4.78 is 43.4. The van der Waals surface area contributed by atoms with Crippen molar-refractivity contribution in [2.45, 2.75) is 26.3 Å². The summed E-state index contributed by atoms with van der Waals surface area (Å²) >= 11 is 0. The Morgan fingerprint density at radius 3 is 2.67 bits per heavy atom. The minimum absolute atomic E-state index is 0.00981. The van der Waals surface area contributed by atoms with Crippen LogP contribution in [0.15, 0.2) is 12.1 Å². The Morgan fingerprint density at radius 2 is 2.00 bits per heavy atom. The summed E-state index contributed by atoms with van der Waals surface area (Å²) in [5.41, 5.74) is 1.37. The van der Waals surface area contributed by atoms with Gasteiger partial charge in [-0.3, -0.25) is 4.79 Å². The highest BCUT2D eigenvalue weighted by molar-refractivity contribution is 5.99. The zero-order valence-electron chi connectivity index (χ0n) is 15.6. The van der Waals surface area contributed by atoms with E-state index in [1.807, 2.05) is 20.9 Å². The maximum Gasteiger partial charge on any atom is 0.235 e. The fourth-order valence-electron chi connectivity index (χ4n) is 4.62. The molecule has 0 saturated carbocycles. The van der Waals surface area contributed by atoms with Crippen molar-refractivity contribution in [3.05, 3.63) is 40.9 Å². The van der Waals surface area contributed by atoms with E-state index in [9.17, 15) is 18.0 Å². The number of fused-ring (bicyclic) bond motifs is 2. The Labute approximate surface area is 155 Å². The first-order valence-electron chi connectivity index (χ1n) is 9.38. The first-order chi connectivity index (χ1) is 12.9. The van der Waals surface area contributed by atoms with Crippen LogP contribution in [-0.4, -0.2) is 48.5 Å². The van der Waals surface area contributed by atoms with E-state index in [2.05, 4.69) is 4.98 Å². The number of aromatic amines is 1. The summed E-state index contributed by atoms with van der Waals surface area (Å²) in [7, 11) is 1.92. The average molecular weight is 378 g/mol. The van der Waals surface area contributed by atoms with Gasteiger partial charge in [-0.1, -0.05) is 6.08 Å². The molecule has 0 radical (unpaired) electrons. The van der Waals surface area contributed by atoms with Gasteiger partial charge in [-0.25, -0.2) is 8.78 Å². The number of nitrogens with one attached hydrogen (secondary N) is 2. The summed E-state index contributed by atoms with van der Waals surface area (Å²) in [6.07, 6.45) is 2.18. The van der Waals surface area contributed by atoms with Gasteiger partial charge >= 0.3 is 0 Å². The molecule has 2 aromatic rings. The van der Waals surface area contributed by atoms with Crippen molar-refractivity contribution < 1.29 is 22.9 Å². The van der Waals surface area contributed by atoms with Crippen LogP contribution in [0.25, 0.3) is 16.5 Å². The lowest BCUT2D eigenvalue weighted by molar-refractivity contribution is -0.900. The Bertz CT molecular complexity index is 961. The lowest BCUT2D eigenvalue weighted by Crippen LogP contribution is -3.15. The molecule has 2 aliphatic rings. The van der Waals surface area contributed by atoms with E-state index in [4.69, 9.17) is 0 Å². The minimum Gasteiger partial charge on any atom is -0.343 e. The third-order valence-electron chi connectivity index (χ3n) is 6.01. The van der Waals surface area contributed by atoms with Crippen molar-refractivity contribution in [3.63, 3.8) is 0 Å². The fourth-order valence-corrected chi connectivity index (χ4v) is 4.62. The first-order valence-corrected chi connectivity index (χ1v) is 9.38. The third-order valence-corrected chi connectivity index (χ3v) is 6.01. The zero-order chi connectivity index (χ0) is 19.5. The molecule has 4 nitrogen and oxygen atoms in total. The molecule has 27 heavy (non-hydrogen) atoms. The molecule has 144 valence electrons. The summed E-state index contributed by atoms with van der Waals surface area (Å²) in [5.74, 6) is -2.93. The first kappa shape index (κ1) is 18.1. The predicted octanol–water partition coefficient (Wildman–Crippen LogP) is 1.91. The van der Waals surface area contributed by atoms with Crippen LogP contribution in [0.5, 0.6) is 0 Å². The summed E-state index contributed by atoms with van der Waals surface area (Å²) in [5, 5.41) is 0.401. The minimum atomic E-state index is -1.01. The van der Waals surface area contributed by atoms with E-state index in [1.165, 1.54) is 0 Å². The highest BCUT2D eigenvalue weighted by atomic mass is 19.2. The molecular weight excluding hydrogens is 355 g/mol. The van der Waals surface area contributed by atoms with Crippen LogP contribution in [0.3, 0.4) is 0 Å².